The SMILES string of the molecule is C=CN(N)CCCCCCCC. The van der Waals surface area contributed by atoms with Crippen molar-refractivity contribution in [2.45, 2.75) is 45.4 Å². The molecule has 0 amide bonds. The lowest BCUT2D eigenvalue weighted by molar-refractivity contribution is 0.377. The number of hydrazine groups is 1. The molecule has 0 saturated heterocycles. The smallest absolute Gasteiger partial charge is 0.0335 e. The zero-order chi connectivity index (χ0) is 9.23. The molecule has 0 aliphatic rings. The Morgan fingerprint density at radius 1 is 1.17 bits per heavy atom. The molecule has 0 aliphatic heterocycles. The van der Waals surface area contributed by atoms with Gasteiger partial charge in [-0.05, 0) is 6.42 Å². The lowest BCUT2D eigenvalue weighted by Crippen LogP contribution is -2.25. The fourth-order valence-electron chi connectivity index (χ4n) is 1.17. The van der Waals surface area contributed by atoms with Gasteiger partial charge in [0, 0.05) is 12.7 Å². The average molecular weight is 170 g/mol. The second-order valence-corrected chi connectivity index (χ2v) is 3.19. The van der Waals surface area contributed by atoms with E-state index in [9.17, 15) is 0 Å². The maximum Gasteiger partial charge on any atom is 0.0335 e. The molecule has 0 fully saturated rings. The van der Waals surface area contributed by atoms with Crippen LogP contribution in [0.4, 0.5) is 0 Å². The number of hydrogen-bond acceptors (Lipinski definition) is 2. The Hall–Kier alpha value is -0.500. The van der Waals surface area contributed by atoms with Gasteiger partial charge in [-0.2, -0.15) is 0 Å². The third-order valence-corrected chi connectivity index (χ3v) is 2.00. The van der Waals surface area contributed by atoms with Crippen LogP contribution in [0.1, 0.15) is 45.4 Å². The average Bonchev–Trinajstić information content (AvgIpc) is 2.10. The van der Waals surface area contributed by atoms with Gasteiger partial charge in [0.2, 0.25) is 0 Å². The minimum absolute atomic E-state index is 0.940. The molecular weight excluding hydrogens is 148 g/mol. The van der Waals surface area contributed by atoms with E-state index in [-0.39, 0.29) is 0 Å². The Balaban J connectivity index is 2.95. The van der Waals surface area contributed by atoms with Crippen LogP contribution in [-0.2, 0) is 0 Å². The van der Waals surface area contributed by atoms with E-state index in [1.165, 1.54) is 38.5 Å². The third-order valence-electron chi connectivity index (χ3n) is 2.00. The minimum atomic E-state index is 0.940. The van der Waals surface area contributed by atoms with Gasteiger partial charge in [-0.15, -0.1) is 0 Å². The van der Waals surface area contributed by atoms with Crippen molar-refractivity contribution in [1.82, 2.24) is 5.01 Å². The van der Waals surface area contributed by atoms with Gasteiger partial charge >= 0.3 is 0 Å². The summed E-state index contributed by atoms with van der Waals surface area (Å²) in [6, 6.07) is 0. The molecule has 0 saturated carbocycles. The van der Waals surface area contributed by atoms with Crippen molar-refractivity contribution >= 4 is 0 Å². The van der Waals surface area contributed by atoms with E-state index in [1.807, 2.05) is 0 Å². The lowest BCUT2D eigenvalue weighted by Gasteiger charge is -2.11. The second kappa shape index (κ2) is 8.60. The van der Waals surface area contributed by atoms with Gasteiger partial charge in [0.15, 0.2) is 0 Å². The molecule has 2 N–H and O–H groups in total. The molecule has 0 radical (unpaired) electrons. The number of rotatable bonds is 8. The van der Waals surface area contributed by atoms with Crippen molar-refractivity contribution in [3.8, 4) is 0 Å². The molecular formula is C10H22N2. The molecule has 0 heterocycles. The molecule has 0 spiro atoms. The topological polar surface area (TPSA) is 29.3 Å². The number of nitrogens with two attached hydrogens (primary N) is 1. The summed E-state index contributed by atoms with van der Waals surface area (Å²) in [4.78, 5) is 0. The first-order valence-corrected chi connectivity index (χ1v) is 4.95. The highest BCUT2D eigenvalue weighted by atomic mass is 15.4. The fourth-order valence-corrected chi connectivity index (χ4v) is 1.17. The number of nitrogens with zero attached hydrogens (tertiary/aromatic N) is 1. The molecule has 0 aromatic heterocycles. The maximum absolute atomic E-state index is 5.53. The Morgan fingerprint density at radius 2 is 1.75 bits per heavy atom. The van der Waals surface area contributed by atoms with Crippen molar-refractivity contribution in [3.05, 3.63) is 12.8 Å². The van der Waals surface area contributed by atoms with E-state index in [0.717, 1.165) is 6.54 Å². The van der Waals surface area contributed by atoms with Crippen LogP contribution < -0.4 is 5.84 Å². The Kier molecular flexibility index (Phi) is 8.24. The summed E-state index contributed by atoms with van der Waals surface area (Å²) in [6.45, 7) is 6.77. The molecule has 0 unspecified atom stereocenters. The van der Waals surface area contributed by atoms with E-state index in [4.69, 9.17) is 5.84 Å². The first-order valence-electron chi connectivity index (χ1n) is 4.95. The van der Waals surface area contributed by atoms with Gasteiger partial charge in [-0.1, -0.05) is 45.6 Å². The van der Waals surface area contributed by atoms with Gasteiger partial charge < -0.3 is 5.01 Å². The van der Waals surface area contributed by atoms with Gasteiger partial charge in [-0.25, -0.2) is 5.84 Å². The summed E-state index contributed by atoms with van der Waals surface area (Å²) in [5, 5.41) is 1.65. The van der Waals surface area contributed by atoms with Crippen LogP contribution in [0.3, 0.4) is 0 Å². The Morgan fingerprint density at radius 3 is 2.33 bits per heavy atom. The summed E-state index contributed by atoms with van der Waals surface area (Å²) >= 11 is 0. The van der Waals surface area contributed by atoms with Crippen molar-refractivity contribution in [2.75, 3.05) is 6.54 Å². The molecule has 0 bridgehead atoms. The Labute approximate surface area is 76.4 Å². The lowest BCUT2D eigenvalue weighted by atomic mass is 10.1. The largest absolute Gasteiger partial charge is 0.319 e. The van der Waals surface area contributed by atoms with Crippen LogP contribution in [0.2, 0.25) is 0 Å². The molecule has 0 aliphatic carbocycles. The summed E-state index contributed by atoms with van der Waals surface area (Å²) in [5.41, 5.74) is 0. The minimum Gasteiger partial charge on any atom is -0.319 e. The van der Waals surface area contributed by atoms with E-state index < -0.39 is 0 Å². The highest BCUT2D eigenvalue weighted by molar-refractivity contribution is 4.63. The zero-order valence-corrected chi connectivity index (χ0v) is 8.26. The van der Waals surface area contributed by atoms with E-state index in [2.05, 4.69) is 13.5 Å². The van der Waals surface area contributed by atoms with Crippen molar-refractivity contribution in [1.29, 1.82) is 0 Å². The number of unbranched alkanes of at least 4 members (excludes halogenated alkanes) is 5. The Bertz CT molecular complexity index is 102. The summed E-state index contributed by atoms with van der Waals surface area (Å²) in [6.07, 6.45) is 9.55. The molecule has 0 aromatic carbocycles. The third kappa shape index (κ3) is 7.61. The molecule has 0 aromatic rings. The molecule has 0 atom stereocenters. The highest BCUT2D eigenvalue weighted by Gasteiger charge is 1.91. The second-order valence-electron chi connectivity index (χ2n) is 3.19. The normalized spacial score (nSPS) is 9.83. The molecule has 0 rings (SSSR count). The molecule has 72 valence electrons. The number of hydrogen-bond donors (Lipinski definition) is 1. The molecule has 2 heteroatoms. The van der Waals surface area contributed by atoms with E-state index in [0.29, 0.717) is 0 Å². The van der Waals surface area contributed by atoms with Crippen LogP contribution in [-0.4, -0.2) is 11.6 Å². The van der Waals surface area contributed by atoms with Crippen molar-refractivity contribution < 1.29 is 0 Å². The van der Waals surface area contributed by atoms with E-state index >= 15 is 0 Å². The predicted molar refractivity (Wildman–Crippen MR) is 54.5 cm³/mol. The van der Waals surface area contributed by atoms with Gasteiger partial charge in [0.05, 0.1) is 0 Å². The van der Waals surface area contributed by atoms with Gasteiger partial charge in [-0.3, -0.25) is 0 Å². The summed E-state index contributed by atoms with van der Waals surface area (Å²) < 4.78 is 0. The molecule has 2 nitrogen and oxygen atoms in total. The fraction of sp³-hybridized carbons (Fsp3) is 0.800. The van der Waals surface area contributed by atoms with Crippen LogP contribution in [0.5, 0.6) is 0 Å². The van der Waals surface area contributed by atoms with Crippen LogP contribution in [0.25, 0.3) is 0 Å². The van der Waals surface area contributed by atoms with Gasteiger partial charge in [0.1, 0.15) is 0 Å². The van der Waals surface area contributed by atoms with E-state index in [1.54, 1.807) is 11.2 Å². The first-order chi connectivity index (χ1) is 5.81. The zero-order valence-electron chi connectivity index (χ0n) is 8.26. The highest BCUT2D eigenvalue weighted by Crippen LogP contribution is 2.04. The van der Waals surface area contributed by atoms with Crippen molar-refractivity contribution in [3.63, 3.8) is 0 Å². The van der Waals surface area contributed by atoms with Crippen LogP contribution in [0.15, 0.2) is 12.8 Å². The summed E-state index contributed by atoms with van der Waals surface area (Å²) in [7, 11) is 0. The van der Waals surface area contributed by atoms with Crippen LogP contribution in [0, 0.1) is 0 Å². The van der Waals surface area contributed by atoms with Gasteiger partial charge in [0.25, 0.3) is 0 Å². The predicted octanol–water partition coefficient (Wildman–Crippen LogP) is 2.67. The van der Waals surface area contributed by atoms with Crippen LogP contribution >= 0.6 is 0 Å². The summed E-state index contributed by atoms with van der Waals surface area (Å²) in [5.74, 6) is 5.53. The molecule has 12 heavy (non-hydrogen) atoms. The monoisotopic (exact) mass is 170 g/mol. The quantitative estimate of drug-likeness (QED) is 0.345. The van der Waals surface area contributed by atoms with Crippen molar-refractivity contribution in [2.24, 2.45) is 5.84 Å². The standard InChI is InChI=1S/C10H22N2/c1-3-5-6-7-8-9-10-12(11)4-2/h4H,2-3,5-11H2,1H3. The maximum atomic E-state index is 5.53. The first kappa shape index (κ1) is 11.5.